The van der Waals surface area contributed by atoms with Gasteiger partial charge in [0.25, 0.3) is 0 Å². The van der Waals surface area contributed by atoms with Crippen LogP contribution in [0, 0.1) is 6.92 Å². The van der Waals surface area contributed by atoms with Crippen LogP contribution < -0.4 is 0 Å². The zero-order chi connectivity index (χ0) is 17.8. The molecule has 1 aliphatic rings. The van der Waals surface area contributed by atoms with Crippen molar-refractivity contribution in [3.8, 4) is 5.88 Å². The molecule has 1 aliphatic heterocycles. The molecule has 1 aromatic heterocycles. The lowest BCUT2D eigenvalue weighted by molar-refractivity contribution is 0.362. The maximum atomic E-state index is 10.9. The van der Waals surface area contributed by atoms with Crippen LogP contribution in [0.25, 0.3) is 16.5 Å². The first-order valence-electron chi connectivity index (χ1n) is 8.43. The van der Waals surface area contributed by atoms with E-state index in [4.69, 9.17) is 0 Å². The molecular weight excluding hydrogens is 310 g/mol. The van der Waals surface area contributed by atoms with Crippen molar-refractivity contribution in [2.75, 3.05) is 0 Å². The van der Waals surface area contributed by atoms with Crippen LogP contribution in [0.1, 0.15) is 31.9 Å². The van der Waals surface area contributed by atoms with E-state index < -0.39 is 0 Å². The number of aromatic hydroxyl groups is 1. The molecule has 0 saturated carbocycles. The van der Waals surface area contributed by atoms with Crippen molar-refractivity contribution in [2.45, 2.75) is 33.2 Å². The Morgan fingerprint density at radius 3 is 2.44 bits per heavy atom. The van der Waals surface area contributed by atoms with Gasteiger partial charge in [0.1, 0.15) is 0 Å². The molecule has 1 N–H and O–H groups in total. The van der Waals surface area contributed by atoms with Gasteiger partial charge in [-0.2, -0.15) is 5.11 Å². The molecule has 0 aliphatic carbocycles. The minimum Gasteiger partial charge on any atom is -0.493 e. The van der Waals surface area contributed by atoms with Crippen LogP contribution in [0.3, 0.4) is 0 Å². The van der Waals surface area contributed by atoms with Crippen molar-refractivity contribution in [3.63, 3.8) is 0 Å². The zero-order valence-corrected chi connectivity index (χ0v) is 14.9. The Balaban J connectivity index is 2.01. The first kappa shape index (κ1) is 15.6. The predicted molar refractivity (Wildman–Crippen MR) is 102 cm³/mol. The minimum atomic E-state index is -0.324. The third kappa shape index (κ3) is 2.37. The number of benzene rings is 2. The molecule has 0 unspecified atom stereocenters. The average molecular weight is 331 g/mol. The van der Waals surface area contributed by atoms with Crippen LogP contribution in [0.2, 0.25) is 0 Å². The molecule has 4 rings (SSSR count). The first-order chi connectivity index (χ1) is 11.9. The van der Waals surface area contributed by atoms with Crippen LogP contribution in [-0.4, -0.2) is 9.67 Å². The highest BCUT2D eigenvalue weighted by molar-refractivity contribution is 6.03. The second kappa shape index (κ2) is 5.31. The summed E-state index contributed by atoms with van der Waals surface area (Å²) >= 11 is 0. The topological polar surface area (TPSA) is 49.9 Å². The normalized spacial score (nSPS) is 15.8. The van der Waals surface area contributed by atoms with Crippen molar-refractivity contribution >= 4 is 27.9 Å². The summed E-state index contributed by atoms with van der Waals surface area (Å²) in [4.78, 5) is 0. The lowest BCUT2D eigenvalue weighted by atomic mass is 9.91. The quantitative estimate of drug-likeness (QED) is 0.556. The van der Waals surface area contributed by atoms with Crippen LogP contribution in [0.5, 0.6) is 5.88 Å². The predicted octanol–water partition coefficient (Wildman–Crippen LogP) is 6.22. The first-order valence-corrected chi connectivity index (χ1v) is 8.43. The van der Waals surface area contributed by atoms with Crippen molar-refractivity contribution < 1.29 is 5.11 Å². The Morgan fingerprint density at radius 2 is 1.72 bits per heavy atom. The highest BCUT2D eigenvalue weighted by atomic mass is 16.3. The van der Waals surface area contributed by atoms with Gasteiger partial charge in [-0.05, 0) is 63.1 Å². The molecule has 0 spiro atoms. The van der Waals surface area contributed by atoms with Gasteiger partial charge in [0.05, 0.1) is 16.7 Å². The molecule has 0 amide bonds. The van der Waals surface area contributed by atoms with E-state index >= 15 is 0 Å². The van der Waals surface area contributed by atoms with Crippen molar-refractivity contribution in [1.82, 2.24) is 4.57 Å². The number of allylic oxidation sites excluding steroid dienone is 2. The van der Waals surface area contributed by atoms with E-state index in [-0.39, 0.29) is 11.4 Å². The number of aromatic nitrogens is 1. The van der Waals surface area contributed by atoms with Gasteiger partial charge in [0, 0.05) is 10.9 Å². The Bertz CT molecular complexity index is 1040. The number of aryl methyl sites for hydroxylation is 1. The van der Waals surface area contributed by atoms with Gasteiger partial charge in [0.2, 0.25) is 5.88 Å². The molecule has 0 atom stereocenters. The van der Waals surface area contributed by atoms with Crippen LogP contribution in [0.4, 0.5) is 11.4 Å². The fraction of sp³-hybridized carbons (Fsp3) is 0.238. The molecule has 0 fully saturated rings. The Kier molecular flexibility index (Phi) is 3.32. The van der Waals surface area contributed by atoms with Gasteiger partial charge in [-0.25, -0.2) is 0 Å². The van der Waals surface area contributed by atoms with Crippen LogP contribution >= 0.6 is 0 Å². The average Bonchev–Trinajstić information content (AvgIpc) is 2.84. The van der Waals surface area contributed by atoms with E-state index in [1.54, 1.807) is 0 Å². The molecular formula is C21H21N3O. The Hall–Kier alpha value is -2.88. The summed E-state index contributed by atoms with van der Waals surface area (Å²) in [7, 11) is 0. The second-order valence-electron chi connectivity index (χ2n) is 7.23. The highest BCUT2D eigenvalue weighted by Crippen LogP contribution is 2.48. The monoisotopic (exact) mass is 331 g/mol. The fourth-order valence-electron chi connectivity index (χ4n) is 3.77. The fourth-order valence-corrected chi connectivity index (χ4v) is 3.77. The number of hydrogen-bond acceptors (Lipinski definition) is 3. The molecule has 0 bridgehead atoms. The molecule has 0 radical (unpaired) electrons. The van der Waals surface area contributed by atoms with E-state index in [1.807, 2.05) is 34.9 Å². The maximum absolute atomic E-state index is 10.9. The highest BCUT2D eigenvalue weighted by Gasteiger charge is 2.32. The lowest BCUT2D eigenvalue weighted by Gasteiger charge is -2.31. The Labute approximate surface area is 147 Å². The summed E-state index contributed by atoms with van der Waals surface area (Å²) in [5.41, 5.74) is 5.49. The lowest BCUT2D eigenvalue weighted by Crippen LogP contribution is -2.26. The van der Waals surface area contributed by atoms with Crippen molar-refractivity contribution in [1.29, 1.82) is 0 Å². The summed E-state index contributed by atoms with van der Waals surface area (Å²) < 4.78 is 1.96. The molecule has 4 nitrogen and oxygen atoms in total. The van der Waals surface area contributed by atoms with E-state index in [2.05, 4.69) is 56.1 Å². The molecule has 2 aromatic carbocycles. The smallest absolute Gasteiger partial charge is 0.221 e. The minimum absolute atomic E-state index is 0.162. The summed E-state index contributed by atoms with van der Waals surface area (Å²) in [6.45, 7) is 8.37. The molecule has 25 heavy (non-hydrogen) atoms. The third-order valence-electron chi connectivity index (χ3n) is 4.75. The van der Waals surface area contributed by atoms with Crippen molar-refractivity contribution in [3.05, 3.63) is 59.7 Å². The van der Waals surface area contributed by atoms with Gasteiger partial charge in [-0.3, -0.25) is 0 Å². The summed E-state index contributed by atoms with van der Waals surface area (Å²) in [5.74, 6) is 0.162. The molecule has 126 valence electrons. The third-order valence-corrected chi connectivity index (χ3v) is 4.75. The van der Waals surface area contributed by atoms with Crippen LogP contribution in [-0.2, 0) is 5.54 Å². The Morgan fingerprint density at radius 1 is 1.00 bits per heavy atom. The molecule has 0 saturated heterocycles. The molecule has 4 heteroatoms. The summed E-state index contributed by atoms with van der Waals surface area (Å²) in [6, 6.07) is 13.8. The van der Waals surface area contributed by atoms with E-state index in [0.717, 1.165) is 27.7 Å². The molecule has 3 aromatic rings. The standard InChI is InChI=1S/C21H21N3O/c1-13-10-16-14(2)12-21(3,4)24-19(16)17(11-13)18(20(24)25)23-22-15-8-6-5-7-9-15/h5-12,25H,1-4H3. The van der Waals surface area contributed by atoms with Gasteiger partial charge in [-0.15, -0.1) is 5.11 Å². The van der Waals surface area contributed by atoms with Gasteiger partial charge >= 0.3 is 0 Å². The molecule has 2 heterocycles. The van der Waals surface area contributed by atoms with Crippen molar-refractivity contribution in [2.24, 2.45) is 10.2 Å². The summed E-state index contributed by atoms with van der Waals surface area (Å²) in [6.07, 6.45) is 2.19. The largest absolute Gasteiger partial charge is 0.493 e. The van der Waals surface area contributed by atoms with Gasteiger partial charge in [0.15, 0.2) is 5.69 Å². The SMILES string of the molecule is CC1=CC(C)(C)n2c(O)c(N=Nc3ccccc3)c3cc(C)cc1c32. The van der Waals surface area contributed by atoms with Crippen LogP contribution in [0.15, 0.2) is 58.8 Å². The van der Waals surface area contributed by atoms with E-state index in [9.17, 15) is 5.11 Å². The maximum Gasteiger partial charge on any atom is 0.221 e. The number of hydrogen-bond donors (Lipinski definition) is 1. The number of rotatable bonds is 2. The van der Waals surface area contributed by atoms with E-state index in [0.29, 0.717) is 5.69 Å². The number of nitrogens with zero attached hydrogens (tertiary/aromatic N) is 3. The number of azo groups is 1. The zero-order valence-electron chi connectivity index (χ0n) is 14.9. The van der Waals surface area contributed by atoms with Gasteiger partial charge in [-0.1, -0.05) is 24.3 Å². The van der Waals surface area contributed by atoms with Gasteiger partial charge < -0.3 is 9.67 Å². The second-order valence-corrected chi connectivity index (χ2v) is 7.23. The summed E-state index contributed by atoms with van der Waals surface area (Å²) in [5, 5.41) is 20.6. The van der Waals surface area contributed by atoms with E-state index in [1.165, 1.54) is 5.57 Å².